The molecule has 4 nitrogen and oxygen atoms in total. The molecule has 1 aliphatic carbocycles. The van der Waals surface area contributed by atoms with E-state index in [4.69, 9.17) is 4.74 Å². The van der Waals surface area contributed by atoms with Gasteiger partial charge in [-0.15, -0.1) is 11.8 Å². The monoisotopic (exact) mass is 349 g/mol. The zero-order valence-corrected chi connectivity index (χ0v) is 15.3. The second kappa shape index (κ2) is 8.56. The molecule has 5 heteroatoms. The lowest BCUT2D eigenvalue weighted by Crippen LogP contribution is -2.36. The Kier molecular flexibility index (Phi) is 6.72. The molecule has 0 unspecified atom stereocenters. The van der Waals surface area contributed by atoms with E-state index in [-0.39, 0.29) is 23.4 Å². The number of thioether (sulfide) groups is 1. The lowest BCUT2D eigenvalue weighted by Gasteiger charge is -2.36. The van der Waals surface area contributed by atoms with Crippen molar-refractivity contribution in [1.82, 2.24) is 0 Å². The molecule has 1 aliphatic rings. The van der Waals surface area contributed by atoms with Gasteiger partial charge in [-0.05, 0) is 36.7 Å². The number of carbonyl (C=O) groups is 2. The van der Waals surface area contributed by atoms with Crippen molar-refractivity contribution in [3.63, 3.8) is 0 Å². The van der Waals surface area contributed by atoms with Crippen molar-refractivity contribution in [3.8, 4) is 0 Å². The molecule has 1 saturated carbocycles. The van der Waals surface area contributed by atoms with Gasteiger partial charge in [-0.3, -0.25) is 4.79 Å². The summed E-state index contributed by atoms with van der Waals surface area (Å²) in [5.74, 6) is 0.0713. The van der Waals surface area contributed by atoms with Gasteiger partial charge in [-0.1, -0.05) is 45.4 Å². The van der Waals surface area contributed by atoms with E-state index in [1.54, 1.807) is 18.2 Å². The van der Waals surface area contributed by atoms with Crippen LogP contribution < -0.4 is 5.11 Å². The van der Waals surface area contributed by atoms with Crippen LogP contribution in [0.25, 0.3) is 0 Å². The Balaban J connectivity index is 1.94. The SMILES string of the molecule is CC(C)[C@H]1CC[C@@H](C)C[C@H]1OC(=O)CSc1ccccc1C(=O)[O-]. The van der Waals surface area contributed by atoms with Gasteiger partial charge >= 0.3 is 5.97 Å². The summed E-state index contributed by atoms with van der Waals surface area (Å²) in [6.45, 7) is 6.54. The van der Waals surface area contributed by atoms with Gasteiger partial charge in [0.1, 0.15) is 6.10 Å². The first-order valence-electron chi connectivity index (χ1n) is 8.51. The number of esters is 1. The number of carbonyl (C=O) groups excluding carboxylic acids is 2. The van der Waals surface area contributed by atoms with Crippen LogP contribution in [-0.2, 0) is 9.53 Å². The second-order valence-electron chi connectivity index (χ2n) is 6.93. The molecule has 0 aromatic heterocycles. The van der Waals surface area contributed by atoms with Crippen molar-refractivity contribution in [1.29, 1.82) is 0 Å². The fourth-order valence-electron chi connectivity index (χ4n) is 3.35. The zero-order valence-electron chi connectivity index (χ0n) is 14.5. The molecule has 0 amide bonds. The van der Waals surface area contributed by atoms with Gasteiger partial charge in [0.05, 0.1) is 11.7 Å². The predicted octanol–water partition coefficient (Wildman–Crippen LogP) is 3.15. The molecule has 1 fully saturated rings. The number of benzene rings is 1. The fraction of sp³-hybridized carbons (Fsp3) is 0.579. The van der Waals surface area contributed by atoms with E-state index in [2.05, 4.69) is 20.8 Å². The summed E-state index contributed by atoms with van der Waals surface area (Å²) in [4.78, 5) is 23.9. The van der Waals surface area contributed by atoms with Crippen LogP contribution >= 0.6 is 11.8 Å². The molecule has 1 aromatic carbocycles. The minimum Gasteiger partial charge on any atom is -0.545 e. The molecular weight excluding hydrogens is 324 g/mol. The Bertz CT molecular complexity index is 584. The summed E-state index contributed by atoms with van der Waals surface area (Å²) in [5, 5.41) is 11.1. The normalized spacial score (nSPS) is 23.9. The molecule has 0 spiro atoms. The van der Waals surface area contributed by atoms with Crippen LogP contribution in [0.3, 0.4) is 0 Å². The highest BCUT2D eigenvalue weighted by Gasteiger charge is 2.33. The van der Waals surface area contributed by atoms with E-state index in [1.165, 1.54) is 24.2 Å². The number of rotatable bonds is 6. The summed E-state index contributed by atoms with van der Waals surface area (Å²) in [5.41, 5.74) is 0.113. The fourth-order valence-corrected chi connectivity index (χ4v) is 4.17. The topological polar surface area (TPSA) is 66.4 Å². The molecule has 0 radical (unpaired) electrons. The van der Waals surface area contributed by atoms with Gasteiger partial charge in [-0.2, -0.15) is 0 Å². The molecule has 2 rings (SSSR count). The van der Waals surface area contributed by atoms with Crippen LogP contribution in [-0.4, -0.2) is 23.8 Å². The van der Waals surface area contributed by atoms with Gasteiger partial charge in [0, 0.05) is 10.5 Å². The predicted molar refractivity (Wildman–Crippen MR) is 92.7 cm³/mol. The number of aromatic carboxylic acids is 1. The second-order valence-corrected chi connectivity index (χ2v) is 7.94. The molecule has 3 atom stereocenters. The van der Waals surface area contributed by atoms with Gasteiger partial charge in [0.2, 0.25) is 0 Å². The third kappa shape index (κ3) is 5.00. The maximum Gasteiger partial charge on any atom is 0.316 e. The first kappa shape index (κ1) is 18.8. The number of carboxylic acids is 1. The van der Waals surface area contributed by atoms with Crippen LogP contribution in [0.4, 0.5) is 0 Å². The van der Waals surface area contributed by atoms with Gasteiger partial charge in [0.25, 0.3) is 0 Å². The summed E-state index contributed by atoms with van der Waals surface area (Å²) >= 11 is 1.19. The molecule has 0 bridgehead atoms. The summed E-state index contributed by atoms with van der Waals surface area (Å²) < 4.78 is 5.73. The minimum absolute atomic E-state index is 0.0294. The van der Waals surface area contributed by atoms with Crippen molar-refractivity contribution < 1.29 is 19.4 Å². The Morgan fingerprint density at radius 1 is 1.29 bits per heavy atom. The molecule has 0 aliphatic heterocycles. The average molecular weight is 349 g/mol. The van der Waals surface area contributed by atoms with Crippen LogP contribution in [0.15, 0.2) is 29.2 Å². The maximum absolute atomic E-state index is 12.2. The smallest absolute Gasteiger partial charge is 0.316 e. The van der Waals surface area contributed by atoms with E-state index >= 15 is 0 Å². The molecule has 132 valence electrons. The third-order valence-corrected chi connectivity index (χ3v) is 5.74. The van der Waals surface area contributed by atoms with Crippen LogP contribution in [0, 0.1) is 17.8 Å². The summed E-state index contributed by atoms with van der Waals surface area (Å²) in [6.07, 6.45) is 3.16. The minimum atomic E-state index is -1.23. The number of hydrogen-bond acceptors (Lipinski definition) is 5. The summed E-state index contributed by atoms with van der Waals surface area (Å²) in [6, 6.07) is 6.56. The molecule has 24 heavy (non-hydrogen) atoms. The van der Waals surface area contributed by atoms with Gasteiger partial charge in [-0.25, -0.2) is 0 Å². The van der Waals surface area contributed by atoms with Gasteiger partial charge < -0.3 is 14.6 Å². The third-order valence-electron chi connectivity index (χ3n) is 4.70. The molecule has 1 aromatic rings. The Morgan fingerprint density at radius 2 is 2.00 bits per heavy atom. The quantitative estimate of drug-likeness (QED) is 0.583. The zero-order chi connectivity index (χ0) is 17.7. The van der Waals surface area contributed by atoms with E-state index in [1.807, 2.05) is 0 Å². The Labute approximate surface area is 148 Å². The lowest BCUT2D eigenvalue weighted by atomic mass is 9.75. The largest absolute Gasteiger partial charge is 0.545 e. The van der Waals surface area contributed by atoms with E-state index in [0.29, 0.717) is 22.6 Å². The molecular formula is C19H25O4S-. The highest BCUT2D eigenvalue weighted by Crippen LogP contribution is 2.35. The van der Waals surface area contributed by atoms with Crippen molar-refractivity contribution in [2.24, 2.45) is 17.8 Å². The molecule has 0 N–H and O–H groups in total. The number of ether oxygens (including phenoxy) is 1. The van der Waals surface area contributed by atoms with E-state index < -0.39 is 5.97 Å². The van der Waals surface area contributed by atoms with Crippen LogP contribution in [0.2, 0.25) is 0 Å². The first-order chi connectivity index (χ1) is 11.4. The van der Waals surface area contributed by atoms with Crippen LogP contribution in [0.1, 0.15) is 50.4 Å². The highest BCUT2D eigenvalue weighted by atomic mass is 32.2. The van der Waals surface area contributed by atoms with E-state index in [0.717, 1.165) is 12.8 Å². The molecule has 0 heterocycles. The standard InChI is InChI=1S/C19H26O4S/c1-12(2)14-9-8-13(3)10-16(14)23-18(20)11-24-17-7-5-4-6-15(17)19(21)22/h4-7,12-14,16H,8-11H2,1-3H3,(H,21,22)/p-1/t13-,14-,16-/m1/s1. The Hall–Kier alpha value is -1.49. The maximum atomic E-state index is 12.2. The lowest BCUT2D eigenvalue weighted by molar-refractivity contribution is -0.255. The Morgan fingerprint density at radius 3 is 2.67 bits per heavy atom. The van der Waals surface area contributed by atoms with Crippen molar-refractivity contribution in [2.45, 2.75) is 51.0 Å². The molecule has 0 saturated heterocycles. The average Bonchev–Trinajstić information content (AvgIpc) is 2.53. The first-order valence-corrected chi connectivity index (χ1v) is 9.49. The van der Waals surface area contributed by atoms with Crippen molar-refractivity contribution >= 4 is 23.7 Å². The van der Waals surface area contributed by atoms with Gasteiger partial charge in [0.15, 0.2) is 0 Å². The highest BCUT2D eigenvalue weighted by molar-refractivity contribution is 8.00. The van der Waals surface area contributed by atoms with Crippen molar-refractivity contribution in [2.75, 3.05) is 5.75 Å². The number of carboxylic acid groups (broad SMARTS) is 1. The van der Waals surface area contributed by atoms with Crippen molar-refractivity contribution in [3.05, 3.63) is 29.8 Å². The van der Waals surface area contributed by atoms with Crippen LogP contribution in [0.5, 0.6) is 0 Å². The summed E-state index contributed by atoms with van der Waals surface area (Å²) in [7, 11) is 0. The van der Waals surface area contributed by atoms with E-state index in [9.17, 15) is 14.7 Å². The number of hydrogen-bond donors (Lipinski definition) is 0.